The molecule has 4 nitrogen and oxygen atoms in total. The Kier molecular flexibility index (Phi) is 4.62. The van der Waals surface area contributed by atoms with E-state index >= 15 is 0 Å². The summed E-state index contributed by atoms with van der Waals surface area (Å²) in [7, 11) is 0. The molecule has 1 aromatic rings. The van der Waals surface area contributed by atoms with Crippen LogP contribution in [0.5, 0.6) is 5.75 Å². The number of aromatic nitrogens is 1. The number of aromatic amines is 1. The molecular formula is C12H16BrNO3. The van der Waals surface area contributed by atoms with Crippen molar-refractivity contribution in [3.8, 4) is 5.75 Å². The van der Waals surface area contributed by atoms with Gasteiger partial charge in [-0.1, -0.05) is 15.9 Å². The van der Waals surface area contributed by atoms with Crippen molar-refractivity contribution in [3.63, 3.8) is 0 Å². The monoisotopic (exact) mass is 301 g/mol. The highest BCUT2D eigenvalue weighted by Gasteiger charge is 2.16. The van der Waals surface area contributed by atoms with Crippen LogP contribution in [0, 0.1) is 0 Å². The highest BCUT2D eigenvalue weighted by molar-refractivity contribution is 9.09. The second-order valence-electron chi connectivity index (χ2n) is 4.04. The van der Waals surface area contributed by atoms with Gasteiger partial charge in [0.15, 0.2) is 12.0 Å². The van der Waals surface area contributed by atoms with Crippen molar-refractivity contribution in [2.75, 3.05) is 11.9 Å². The minimum atomic E-state index is -0.271. The molecule has 1 N–H and O–H groups in total. The number of nitrogens with one attached hydrogen (secondary N) is 1. The summed E-state index contributed by atoms with van der Waals surface area (Å²) >= 11 is 3.34. The first kappa shape index (κ1) is 12.6. The van der Waals surface area contributed by atoms with Crippen molar-refractivity contribution in [1.82, 2.24) is 4.98 Å². The summed E-state index contributed by atoms with van der Waals surface area (Å²) in [5, 5.41) is 0.828. The van der Waals surface area contributed by atoms with Crippen molar-refractivity contribution < 1.29 is 9.47 Å². The number of H-pyrrole nitrogens is 1. The van der Waals surface area contributed by atoms with Crippen LogP contribution >= 0.6 is 15.9 Å². The number of hydrogen-bond donors (Lipinski definition) is 1. The zero-order valence-corrected chi connectivity index (χ0v) is 11.2. The van der Waals surface area contributed by atoms with Crippen LogP contribution in [0.15, 0.2) is 17.1 Å². The molecule has 1 aliphatic rings. The minimum Gasteiger partial charge on any atom is -0.459 e. The van der Waals surface area contributed by atoms with Gasteiger partial charge < -0.3 is 14.5 Å². The molecule has 0 bridgehead atoms. The topological polar surface area (TPSA) is 51.3 Å². The lowest BCUT2D eigenvalue weighted by atomic mass is 10.2. The Hall–Kier alpha value is -0.810. The molecule has 0 spiro atoms. The number of hydrogen-bond acceptors (Lipinski definition) is 3. The highest BCUT2D eigenvalue weighted by Crippen LogP contribution is 2.16. The molecule has 1 atom stereocenters. The number of alkyl halides is 1. The van der Waals surface area contributed by atoms with Crippen LogP contribution in [0.1, 0.15) is 25.0 Å². The van der Waals surface area contributed by atoms with E-state index in [-0.39, 0.29) is 11.7 Å². The van der Waals surface area contributed by atoms with Gasteiger partial charge in [0.05, 0.1) is 6.61 Å². The minimum absolute atomic E-state index is 0.0890. The molecule has 2 heterocycles. The fraction of sp³-hybridized carbons (Fsp3) is 0.583. The van der Waals surface area contributed by atoms with Crippen LogP contribution in [0.3, 0.4) is 0 Å². The standard InChI is InChI=1S/C12H16BrNO3/c13-5-4-9-7-10(15)11(8-14-9)17-12-3-1-2-6-16-12/h7-8,12H,1-6H2,(H,14,15). The molecule has 1 aliphatic heterocycles. The molecular weight excluding hydrogens is 286 g/mol. The molecule has 0 aliphatic carbocycles. The van der Waals surface area contributed by atoms with Gasteiger partial charge in [0, 0.05) is 29.7 Å². The number of aryl methyl sites for hydroxylation is 1. The summed E-state index contributed by atoms with van der Waals surface area (Å²) in [4.78, 5) is 14.8. The van der Waals surface area contributed by atoms with Crippen LogP contribution in [-0.4, -0.2) is 23.2 Å². The van der Waals surface area contributed by atoms with Gasteiger partial charge in [0.2, 0.25) is 5.43 Å². The van der Waals surface area contributed by atoms with Crippen molar-refractivity contribution in [1.29, 1.82) is 0 Å². The fourth-order valence-corrected chi connectivity index (χ4v) is 2.21. The molecule has 0 amide bonds. The first-order valence-corrected chi connectivity index (χ1v) is 6.97. The third-order valence-corrected chi connectivity index (χ3v) is 3.09. The van der Waals surface area contributed by atoms with Gasteiger partial charge in [-0.2, -0.15) is 0 Å². The predicted molar refractivity (Wildman–Crippen MR) is 68.8 cm³/mol. The first-order valence-electron chi connectivity index (χ1n) is 5.85. The Morgan fingerprint density at radius 1 is 1.53 bits per heavy atom. The second kappa shape index (κ2) is 6.21. The van der Waals surface area contributed by atoms with Crippen LogP contribution in [0.2, 0.25) is 0 Å². The maximum Gasteiger partial charge on any atom is 0.223 e. The number of pyridine rings is 1. The van der Waals surface area contributed by atoms with E-state index in [9.17, 15) is 4.79 Å². The van der Waals surface area contributed by atoms with E-state index in [1.54, 1.807) is 12.3 Å². The van der Waals surface area contributed by atoms with Gasteiger partial charge in [-0.05, 0) is 19.3 Å². The molecule has 1 fully saturated rings. The third kappa shape index (κ3) is 3.57. The van der Waals surface area contributed by atoms with Crippen LogP contribution in [-0.2, 0) is 11.2 Å². The zero-order chi connectivity index (χ0) is 12.1. The Bertz CT molecular complexity index is 412. The molecule has 1 saturated heterocycles. The molecule has 1 unspecified atom stereocenters. The summed E-state index contributed by atoms with van der Waals surface area (Å²) in [5.74, 6) is 0.343. The largest absolute Gasteiger partial charge is 0.459 e. The molecule has 0 saturated carbocycles. The average molecular weight is 302 g/mol. The maximum absolute atomic E-state index is 11.8. The summed E-state index contributed by atoms with van der Waals surface area (Å²) in [6.07, 6.45) is 5.16. The fourth-order valence-electron chi connectivity index (χ4n) is 1.78. The first-order chi connectivity index (χ1) is 8.29. The molecule has 17 heavy (non-hydrogen) atoms. The van der Waals surface area contributed by atoms with Gasteiger partial charge in [0.25, 0.3) is 0 Å². The van der Waals surface area contributed by atoms with E-state index < -0.39 is 0 Å². The number of halogens is 1. The van der Waals surface area contributed by atoms with Gasteiger partial charge >= 0.3 is 0 Å². The second-order valence-corrected chi connectivity index (χ2v) is 4.83. The quantitative estimate of drug-likeness (QED) is 0.868. The number of ether oxygens (including phenoxy) is 2. The summed E-state index contributed by atoms with van der Waals surface area (Å²) in [6, 6.07) is 1.58. The Morgan fingerprint density at radius 3 is 3.06 bits per heavy atom. The summed E-state index contributed by atoms with van der Waals surface area (Å²) in [5.41, 5.74) is 0.817. The van der Waals surface area contributed by atoms with Crippen LogP contribution < -0.4 is 10.2 Å². The smallest absolute Gasteiger partial charge is 0.223 e. The molecule has 0 aromatic carbocycles. The van der Waals surface area contributed by atoms with E-state index in [0.717, 1.165) is 36.7 Å². The van der Waals surface area contributed by atoms with Crippen molar-refractivity contribution in [2.24, 2.45) is 0 Å². The Labute approximate surface area is 108 Å². The molecule has 94 valence electrons. The Morgan fingerprint density at radius 2 is 2.41 bits per heavy atom. The number of rotatable bonds is 4. The van der Waals surface area contributed by atoms with E-state index in [1.165, 1.54) is 0 Å². The zero-order valence-electron chi connectivity index (χ0n) is 9.58. The third-order valence-electron chi connectivity index (χ3n) is 2.70. The van der Waals surface area contributed by atoms with Crippen LogP contribution in [0.4, 0.5) is 0 Å². The lowest BCUT2D eigenvalue weighted by Crippen LogP contribution is -2.27. The van der Waals surface area contributed by atoms with Gasteiger partial charge in [-0.3, -0.25) is 4.79 Å². The van der Waals surface area contributed by atoms with E-state index in [4.69, 9.17) is 9.47 Å². The van der Waals surface area contributed by atoms with Crippen molar-refractivity contribution >= 4 is 15.9 Å². The molecule has 1 aromatic heterocycles. The molecule has 2 rings (SSSR count). The summed E-state index contributed by atoms with van der Waals surface area (Å²) < 4.78 is 11.0. The van der Waals surface area contributed by atoms with Gasteiger partial charge in [-0.15, -0.1) is 0 Å². The summed E-state index contributed by atoms with van der Waals surface area (Å²) in [6.45, 7) is 0.713. The lowest BCUT2D eigenvalue weighted by Gasteiger charge is -2.22. The van der Waals surface area contributed by atoms with Gasteiger partial charge in [0.1, 0.15) is 0 Å². The van der Waals surface area contributed by atoms with Crippen molar-refractivity contribution in [3.05, 3.63) is 28.2 Å². The van der Waals surface area contributed by atoms with Gasteiger partial charge in [-0.25, -0.2) is 0 Å². The van der Waals surface area contributed by atoms with Crippen molar-refractivity contribution in [2.45, 2.75) is 32.0 Å². The molecule has 5 heteroatoms. The highest BCUT2D eigenvalue weighted by atomic mass is 79.9. The lowest BCUT2D eigenvalue weighted by molar-refractivity contribution is -0.106. The Balaban J connectivity index is 2.03. The van der Waals surface area contributed by atoms with E-state index in [0.29, 0.717) is 12.4 Å². The average Bonchev–Trinajstić information content (AvgIpc) is 2.34. The SMILES string of the molecule is O=c1cc(CCBr)[nH]cc1OC1CCCCO1. The van der Waals surface area contributed by atoms with E-state index in [1.807, 2.05) is 0 Å². The molecule has 0 radical (unpaired) electrons. The predicted octanol–water partition coefficient (Wildman–Crippen LogP) is 2.22. The van der Waals surface area contributed by atoms with Crippen LogP contribution in [0.25, 0.3) is 0 Å². The maximum atomic E-state index is 11.8. The van der Waals surface area contributed by atoms with E-state index in [2.05, 4.69) is 20.9 Å². The normalized spacial score (nSPS) is 20.2.